The molecule has 6 nitrogen and oxygen atoms in total. The summed E-state index contributed by atoms with van der Waals surface area (Å²) in [5, 5.41) is 7.96. The van der Waals surface area contributed by atoms with Gasteiger partial charge in [0.25, 0.3) is 5.56 Å². The first-order valence-corrected chi connectivity index (χ1v) is 9.03. The van der Waals surface area contributed by atoms with E-state index >= 15 is 0 Å². The molecule has 1 amide bonds. The van der Waals surface area contributed by atoms with Gasteiger partial charge in [0.15, 0.2) is 0 Å². The molecule has 0 bridgehead atoms. The van der Waals surface area contributed by atoms with Gasteiger partial charge in [0.2, 0.25) is 5.91 Å². The highest BCUT2D eigenvalue weighted by Crippen LogP contribution is 2.19. The number of anilines is 1. The second-order valence-corrected chi connectivity index (χ2v) is 6.59. The standard InChI is InChI=1S/C22H17FN4O2/c1-14(22(29)25-18-12-16-4-2-3-5-19(16)24-13-18)27-21(28)11-10-20(26-27)15-6-8-17(23)9-7-15/h2-14H,1H3,(H,25,29). The maximum Gasteiger partial charge on any atom is 0.267 e. The minimum absolute atomic E-state index is 0.362. The number of fused-ring (bicyclic) bond motifs is 1. The van der Waals surface area contributed by atoms with E-state index in [2.05, 4.69) is 15.4 Å². The Balaban J connectivity index is 1.60. The van der Waals surface area contributed by atoms with E-state index < -0.39 is 17.5 Å². The fraction of sp³-hybridized carbons (Fsp3) is 0.0909. The van der Waals surface area contributed by atoms with Gasteiger partial charge in [0.05, 0.1) is 23.1 Å². The van der Waals surface area contributed by atoms with Crippen molar-refractivity contribution in [3.05, 3.63) is 89.1 Å². The lowest BCUT2D eigenvalue weighted by molar-refractivity contribution is -0.119. The number of pyridine rings is 1. The lowest BCUT2D eigenvalue weighted by Gasteiger charge is -2.15. The molecule has 1 N–H and O–H groups in total. The fourth-order valence-corrected chi connectivity index (χ4v) is 2.97. The molecule has 2 aromatic carbocycles. The van der Waals surface area contributed by atoms with Crippen LogP contribution in [0.5, 0.6) is 0 Å². The van der Waals surface area contributed by atoms with E-state index in [1.807, 2.05) is 30.3 Å². The Bertz CT molecular complexity index is 1250. The van der Waals surface area contributed by atoms with E-state index in [1.54, 1.807) is 31.3 Å². The van der Waals surface area contributed by atoms with Gasteiger partial charge in [-0.3, -0.25) is 14.6 Å². The van der Waals surface area contributed by atoms with Crippen LogP contribution in [-0.4, -0.2) is 20.7 Å². The number of carbonyl (C=O) groups is 1. The van der Waals surface area contributed by atoms with Crippen molar-refractivity contribution in [2.45, 2.75) is 13.0 Å². The molecule has 1 unspecified atom stereocenters. The van der Waals surface area contributed by atoms with Gasteiger partial charge in [-0.25, -0.2) is 9.07 Å². The van der Waals surface area contributed by atoms with Crippen molar-refractivity contribution in [1.82, 2.24) is 14.8 Å². The molecule has 0 aliphatic carbocycles. The highest BCUT2D eigenvalue weighted by molar-refractivity contribution is 5.95. The number of para-hydroxylation sites is 1. The maximum atomic E-state index is 13.2. The van der Waals surface area contributed by atoms with Gasteiger partial charge < -0.3 is 5.32 Å². The number of carbonyl (C=O) groups excluding carboxylic acids is 1. The van der Waals surface area contributed by atoms with Gasteiger partial charge in [0, 0.05) is 17.0 Å². The predicted molar refractivity (Wildman–Crippen MR) is 109 cm³/mol. The van der Waals surface area contributed by atoms with Gasteiger partial charge >= 0.3 is 0 Å². The van der Waals surface area contributed by atoms with Crippen LogP contribution in [0.15, 0.2) is 77.7 Å². The zero-order valence-corrected chi connectivity index (χ0v) is 15.5. The summed E-state index contributed by atoms with van der Waals surface area (Å²) in [6.07, 6.45) is 1.57. The summed E-state index contributed by atoms with van der Waals surface area (Å²) in [7, 11) is 0. The van der Waals surface area contributed by atoms with E-state index in [4.69, 9.17) is 0 Å². The molecule has 2 aromatic heterocycles. The van der Waals surface area contributed by atoms with E-state index in [9.17, 15) is 14.0 Å². The molecule has 0 saturated heterocycles. The smallest absolute Gasteiger partial charge is 0.267 e. The molecular weight excluding hydrogens is 371 g/mol. The topological polar surface area (TPSA) is 76.9 Å². The quantitative estimate of drug-likeness (QED) is 0.577. The third-order valence-electron chi connectivity index (χ3n) is 4.57. The summed E-state index contributed by atoms with van der Waals surface area (Å²) in [6.45, 7) is 1.59. The van der Waals surface area contributed by atoms with Crippen LogP contribution in [-0.2, 0) is 4.79 Å². The Labute approximate surface area is 165 Å². The molecule has 0 fully saturated rings. The Hall–Kier alpha value is -3.87. The second-order valence-electron chi connectivity index (χ2n) is 6.59. The van der Waals surface area contributed by atoms with Crippen molar-refractivity contribution in [2.75, 3.05) is 5.32 Å². The molecular formula is C22H17FN4O2. The molecule has 0 radical (unpaired) electrons. The summed E-state index contributed by atoms with van der Waals surface area (Å²) in [5.41, 5.74) is 2.06. The lowest BCUT2D eigenvalue weighted by Crippen LogP contribution is -2.33. The maximum absolute atomic E-state index is 13.2. The number of aromatic nitrogens is 3. The average molecular weight is 388 g/mol. The lowest BCUT2D eigenvalue weighted by atomic mass is 10.1. The van der Waals surface area contributed by atoms with Crippen molar-refractivity contribution in [3.8, 4) is 11.3 Å². The van der Waals surface area contributed by atoms with Gasteiger partial charge in [0.1, 0.15) is 11.9 Å². The second kappa shape index (κ2) is 7.63. The van der Waals surface area contributed by atoms with Gasteiger partial charge in [-0.15, -0.1) is 0 Å². The zero-order valence-electron chi connectivity index (χ0n) is 15.5. The number of hydrogen-bond donors (Lipinski definition) is 1. The molecule has 0 spiro atoms. The number of nitrogens with one attached hydrogen (secondary N) is 1. The van der Waals surface area contributed by atoms with Crippen molar-refractivity contribution < 1.29 is 9.18 Å². The minimum Gasteiger partial charge on any atom is -0.323 e. The Morgan fingerprint density at radius 2 is 1.83 bits per heavy atom. The van der Waals surface area contributed by atoms with Crippen molar-refractivity contribution in [3.63, 3.8) is 0 Å². The molecule has 7 heteroatoms. The molecule has 2 heterocycles. The highest BCUT2D eigenvalue weighted by Gasteiger charge is 2.18. The van der Waals surface area contributed by atoms with E-state index in [-0.39, 0.29) is 5.82 Å². The van der Waals surface area contributed by atoms with Crippen molar-refractivity contribution >= 4 is 22.5 Å². The molecule has 29 heavy (non-hydrogen) atoms. The third kappa shape index (κ3) is 3.89. The van der Waals surface area contributed by atoms with Gasteiger partial charge in [-0.1, -0.05) is 18.2 Å². The number of benzene rings is 2. The molecule has 0 saturated carbocycles. The van der Waals surface area contributed by atoms with Crippen LogP contribution in [0.1, 0.15) is 13.0 Å². The summed E-state index contributed by atoms with van der Waals surface area (Å²) in [4.78, 5) is 29.3. The molecule has 4 rings (SSSR count). The van der Waals surface area contributed by atoms with Crippen LogP contribution in [0.4, 0.5) is 10.1 Å². The summed E-state index contributed by atoms with van der Waals surface area (Å²) in [5.74, 6) is -0.758. The van der Waals surface area contributed by atoms with Crippen LogP contribution in [0.3, 0.4) is 0 Å². The van der Waals surface area contributed by atoms with Crippen LogP contribution in [0.25, 0.3) is 22.2 Å². The molecule has 1 atom stereocenters. The van der Waals surface area contributed by atoms with E-state index in [0.29, 0.717) is 16.9 Å². The monoisotopic (exact) mass is 388 g/mol. The minimum atomic E-state index is -0.852. The molecule has 0 aliphatic heterocycles. The van der Waals surface area contributed by atoms with Crippen LogP contribution < -0.4 is 10.9 Å². The summed E-state index contributed by atoms with van der Waals surface area (Å²) >= 11 is 0. The van der Waals surface area contributed by atoms with Gasteiger partial charge in [-0.2, -0.15) is 5.10 Å². The van der Waals surface area contributed by atoms with Crippen LogP contribution in [0.2, 0.25) is 0 Å². The van der Waals surface area contributed by atoms with E-state index in [1.165, 1.54) is 18.2 Å². The number of halogens is 1. The Morgan fingerprint density at radius 3 is 2.62 bits per heavy atom. The number of hydrogen-bond acceptors (Lipinski definition) is 4. The number of amides is 1. The summed E-state index contributed by atoms with van der Waals surface area (Å²) < 4.78 is 14.3. The molecule has 4 aromatic rings. The zero-order chi connectivity index (χ0) is 20.4. The highest BCUT2D eigenvalue weighted by atomic mass is 19.1. The number of rotatable bonds is 4. The SMILES string of the molecule is CC(C(=O)Nc1cnc2ccccc2c1)n1nc(-c2ccc(F)cc2)ccc1=O. The first kappa shape index (κ1) is 18.5. The largest absolute Gasteiger partial charge is 0.323 e. The molecule has 144 valence electrons. The van der Waals surface area contributed by atoms with Gasteiger partial charge in [-0.05, 0) is 49.4 Å². The normalized spacial score (nSPS) is 11.9. The average Bonchev–Trinajstić information content (AvgIpc) is 2.74. The first-order valence-electron chi connectivity index (χ1n) is 9.03. The Morgan fingerprint density at radius 1 is 1.07 bits per heavy atom. The Kier molecular flexibility index (Phi) is 4.87. The third-order valence-corrected chi connectivity index (χ3v) is 4.57. The van der Waals surface area contributed by atoms with Crippen molar-refractivity contribution in [1.29, 1.82) is 0 Å². The van der Waals surface area contributed by atoms with E-state index in [0.717, 1.165) is 15.6 Å². The fourth-order valence-electron chi connectivity index (χ4n) is 2.97. The predicted octanol–water partition coefficient (Wildman–Crippen LogP) is 3.80. The van der Waals surface area contributed by atoms with Crippen LogP contribution in [0, 0.1) is 5.82 Å². The van der Waals surface area contributed by atoms with Crippen LogP contribution >= 0.6 is 0 Å². The first-order chi connectivity index (χ1) is 14.0. The van der Waals surface area contributed by atoms with Crippen molar-refractivity contribution in [2.24, 2.45) is 0 Å². The summed E-state index contributed by atoms with van der Waals surface area (Å²) in [6, 6.07) is 17.2. The number of nitrogens with zero attached hydrogens (tertiary/aromatic N) is 3. The molecule has 0 aliphatic rings.